The summed E-state index contributed by atoms with van der Waals surface area (Å²) >= 11 is 0. The first-order valence-electron chi connectivity index (χ1n) is 7.38. The molecule has 3 rings (SSSR count). The summed E-state index contributed by atoms with van der Waals surface area (Å²) in [7, 11) is -4.20. The number of Topliss-reactive ketones (excluding diaryl/α,β-unsaturated/α-hetero) is 1. The van der Waals surface area contributed by atoms with Crippen molar-refractivity contribution in [2.75, 3.05) is 0 Å². The normalized spacial score (nSPS) is 17.3. The molecule has 1 unspecified atom stereocenters. The van der Waals surface area contributed by atoms with Gasteiger partial charge in [0.1, 0.15) is 17.4 Å². The van der Waals surface area contributed by atoms with E-state index in [0.717, 1.165) is 12.1 Å². The van der Waals surface area contributed by atoms with Crippen molar-refractivity contribution in [3.63, 3.8) is 0 Å². The molecule has 1 atom stereocenters. The van der Waals surface area contributed by atoms with E-state index < -0.39 is 51.0 Å². The Kier molecular flexibility index (Phi) is 4.64. The first-order valence-corrected chi connectivity index (χ1v) is 8.96. The quantitative estimate of drug-likeness (QED) is 0.799. The number of nitrogens with two attached hydrogens (primary N) is 1. The van der Waals surface area contributed by atoms with Gasteiger partial charge in [-0.3, -0.25) is 4.79 Å². The van der Waals surface area contributed by atoms with Gasteiger partial charge in [-0.25, -0.2) is 8.78 Å². The molecule has 1 aliphatic heterocycles. The summed E-state index contributed by atoms with van der Waals surface area (Å²) in [5, 5.41) is 0. The lowest BCUT2D eigenvalue weighted by Gasteiger charge is -2.11. The topological polar surface area (TPSA) is 95.7 Å². The Labute approximate surface area is 148 Å². The first kappa shape index (κ1) is 17.9. The Hall–Kier alpha value is -2.94. The summed E-state index contributed by atoms with van der Waals surface area (Å²) in [6.07, 6.45) is -1.54. The summed E-state index contributed by atoms with van der Waals surface area (Å²) in [5.74, 6) is -4.63. The molecule has 136 valence electrons. The van der Waals surface area contributed by atoms with Crippen molar-refractivity contribution in [3.05, 3.63) is 82.9 Å². The third-order valence-corrected chi connectivity index (χ3v) is 4.68. The Morgan fingerprint density at radius 3 is 2.46 bits per heavy atom. The van der Waals surface area contributed by atoms with Crippen molar-refractivity contribution < 1.29 is 30.9 Å². The molecule has 0 aromatic heterocycles. The Balaban J connectivity index is 1.80. The number of ketones is 1. The minimum atomic E-state index is -4.20. The van der Waals surface area contributed by atoms with Crippen molar-refractivity contribution in [3.8, 4) is 0 Å². The molecule has 1 heterocycles. The molecule has 6 nitrogen and oxygen atoms in total. The molecule has 0 saturated heterocycles. The molecular formula is C17H13F2NO5S. The maximum Gasteiger partial charge on any atom is 0.313 e. The summed E-state index contributed by atoms with van der Waals surface area (Å²) < 4.78 is 61.0. The zero-order valence-corrected chi connectivity index (χ0v) is 14.0. The molecular weight excluding hydrogens is 368 g/mol. The fourth-order valence-corrected chi connectivity index (χ4v) is 3.49. The zero-order valence-electron chi connectivity index (χ0n) is 13.2. The second-order valence-electron chi connectivity index (χ2n) is 5.49. The van der Waals surface area contributed by atoms with Gasteiger partial charge in [-0.15, -0.1) is 0 Å². The van der Waals surface area contributed by atoms with Crippen molar-refractivity contribution >= 4 is 15.9 Å². The molecule has 2 aromatic carbocycles. The number of carbonyl (C=O) groups excluding carboxylic acids is 1. The minimum Gasteiger partial charge on any atom is -0.460 e. The molecule has 0 spiro atoms. The summed E-state index contributed by atoms with van der Waals surface area (Å²) in [5.41, 5.74) is 5.69. The first-order chi connectivity index (χ1) is 12.3. The molecule has 0 aliphatic carbocycles. The number of halogens is 2. The van der Waals surface area contributed by atoms with Crippen LogP contribution < -0.4 is 5.73 Å². The van der Waals surface area contributed by atoms with Crippen LogP contribution in [0.2, 0.25) is 0 Å². The predicted molar refractivity (Wildman–Crippen MR) is 86.6 cm³/mol. The van der Waals surface area contributed by atoms with E-state index in [9.17, 15) is 22.0 Å². The maximum atomic E-state index is 13.9. The van der Waals surface area contributed by atoms with Gasteiger partial charge in [0.25, 0.3) is 0 Å². The lowest BCUT2D eigenvalue weighted by Crippen LogP contribution is -2.17. The van der Waals surface area contributed by atoms with E-state index in [-0.39, 0.29) is 5.56 Å². The van der Waals surface area contributed by atoms with Crippen LogP contribution in [0, 0.1) is 11.6 Å². The highest BCUT2D eigenvalue weighted by Crippen LogP contribution is 2.34. The van der Waals surface area contributed by atoms with Crippen LogP contribution in [0.4, 0.5) is 8.78 Å². The Morgan fingerprint density at radius 2 is 1.81 bits per heavy atom. The van der Waals surface area contributed by atoms with Crippen LogP contribution in [0.15, 0.2) is 60.2 Å². The van der Waals surface area contributed by atoms with Gasteiger partial charge in [0, 0.05) is 11.6 Å². The molecule has 0 bridgehead atoms. The van der Waals surface area contributed by atoms with Gasteiger partial charge in [0.15, 0.2) is 6.10 Å². The van der Waals surface area contributed by atoms with Crippen molar-refractivity contribution in [2.45, 2.75) is 11.9 Å². The number of benzene rings is 2. The van der Waals surface area contributed by atoms with Crippen molar-refractivity contribution in [1.82, 2.24) is 0 Å². The number of hydrogen-bond donors (Lipinski definition) is 1. The lowest BCUT2D eigenvalue weighted by molar-refractivity contribution is -0.123. The average Bonchev–Trinajstić information content (AvgIpc) is 2.83. The van der Waals surface area contributed by atoms with E-state index in [1.54, 1.807) is 30.3 Å². The third-order valence-electron chi connectivity index (χ3n) is 3.57. The largest absolute Gasteiger partial charge is 0.460 e. The minimum absolute atomic E-state index is 0.279. The maximum absolute atomic E-state index is 13.9. The number of hydrogen-bond acceptors (Lipinski definition) is 6. The van der Waals surface area contributed by atoms with Gasteiger partial charge >= 0.3 is 10.1 Å². The molecule has 0 radical (unpaired) electrons. The van der Waals surface area contributed by atoms with Crippen molar-refractivity contribution in [2.24, 2.45) is 5.73 Å². The molecule has 2 N–H and O–H groups in total. The molecule has 0 fully saturated rings. The molecule has 0 amide bonds. The van der Waals surface area contributed by atoms with E-state index in [1.165, 1.54) is 0 Å². The van der Waals surface area contributed by atoms with Crippen LogP contribution in [-0.2, 0) is 29.6 Å². The highest BCUT2D eigenvalue weighted by molar-refractivity contribution is 7.86. The fraction of sp³-hybridized carbons (Fsp3) is 0.118. The van der Waals surface area contributed by atoms with E-state index in [4.69, 9.17) is 14.7 Å². The number of ether oxygens (including phenoxy) is 1. The predicted octanol–water partition coefficient (Wildman–Crippen LogP) is 2.28. The highest BCUT2D eigenvalue weighted by atomic mass is 32.2. The van der Waals surface area contributed by atoms with Crippen LogP contribution >= 0.6 is 0 Å². The standard InChI is InChI=1S/C17H13F2NO5S/c18-11-6-7-12(13(19)8-11)15-14(21)16(17(20)24-15)25-26(22,23)9-10-4-2-1-3-5-10/h1-8,15H,9,20H2. The van der Waals surface area contributed by atoms with Gasteiger partial charge in [0.2, 0.25) is 17.4 Å². The fourth-order valence-electron chi connectivity index (χ4n) is 2.41. The van der Waals surface area contributed by atoms with Gasteiger partial charge in [0.05, 0.1) is 0 Å². The molecule has 1 aliphatic rings. The number of rotatable bonds is 5. The summed E-state index contributed by atoms with van der Waals surface area (Å²) in [6, 6.07) is 10.7. The van der Waals surface area contributed by atoms with Crippen LogP contribution in [0.25, 0.3) is 0 Å². The average molecular weight is 381 g/mol. The molecule has 26 heavy (non-hydrogen) atoms. The lowest BCUT2D eigenvalue weighted by atomic mass is 10.1. The Morgan fingerprint density at radius 1 is 1.12 bits per heavy atom. The number of carbonyl (C=O) groups is 1. The second-order valence-corrected chi connectivity index (χ2v) is 7.06. The smallest absolute Gasteiger partial charge is 0.313 e. The van der Waals surface area contributed by atoms with Crippen LogP contribution in [0.1, 0.15) is 17.2 Å². The molecule has 9 heteroatoms. The zero-order chi connectivity index (χ0) is 18.9. The molecule has 0 saturated carbocycles. The van der Waals surface area contributed by atoms with E-state index in [0.29, 0.717) is 11.6 Å². The van der Waals surface area contributed by atoms with E-state index >= 15 is 0 Å². The molecule has 2 aromatic rings. The third kappa shape index (κ3) is 3.67. The second kappa shape index (κ2) is 6.75. The van der Waals surface area contributed by atoms with E-state index in [2.05, 4.69) is 0 Å². The monoisotopic (exact) mass is 381 g/mol. The summed E-state index contributed by atoms with van der Waals surface area (Å²) in [4.78, 5) is 12.4. The van der Waals surface area contributed by atoms with Crippen LogP contribution in [0.3, 0.4) is 0 Å². The van der Waals surface area contributed by atoms with Gasteiger partial charge in [-0.05, 0) is 17.7 Å². The highest BCUT2D eigenvalue weighted by Gasteiger charge is 2.40. The Bertz CT molecular complexity index is 989. The van der Waals surface area contributed by atoms with Gasteiger partial charge in [-0.2, -0.15) is 8.42 Å². The summed E-state index contributed by atoms with van der Waals surface area (Å²) in [6.45, 7) is 0. The van der Waals surface area contributed by atoms with Crippen LogP contribution in [-0.4, -0.2) is 14.2 Å². The van der Waals surface area contributed by atoms with Crippen LogP contribution in [0.5, 0.6) is 0 Å². The van der Waals surface area contributed by atoms with Gasteiger partial charge in [-0.1, -0.05) is 30.3 Å². The SMILES string of the molecule is NC1=C(OS(=O)(=O)Cc2ccccc2)C(=O)C(c2ccc(F)cc2F)O1. The van der Waals surface area contributed by atoms with E-state index in [1.807, 2.05) is 0 Å². The van der Waals surface area contributed by atoms with Gasteiger partial charge < -0.3 is 14.7 Å². The van der Waals surface area contributed by atoms with Crippen molar-refractivity contribution in [1.29, 1.82) is 0 Å².